The molecular weight excluding hydrogens is 620 g/mol. The fourth-order valence-electron chi connectivity index (χ4n) is 8.36. The summed E-state index contributed by atoms with van der Waals surface area (Å²) < 4.78 is 0. The van der Waals surface area contributed by atoms with E-state index in [1.807, 2.05) is 125 Å². The van der Waals surface area contributed by atoms with Crippen molar-refractivity contribution in [3.63, 3.8) is 0 Å². The fraction of sp³-hybridized carbons (Fsp3) is 0.182. The number of rotatable bonds is 6. The van der Waals surface area contributed by atoms with E-state index in [2.05, 4.69) is 0 Å². The van der Waals surface area contributed by atoms with Crippen molar-refractivity contribution in [1.82, 2.24) is 9.80 Å². The van der Waals surface area contributed by atoms with Gasteiger partial charge in [0.05, 0.1) is 0 Å². The molecule has 7 aromatic rings. The predicted octanol–water partition coefficient (Wildman–Crippen LogP) is 9.86. The summed E-state index contributed by atoms with van der Waals surface area (Å²) in [6.07, 6.45) is 1.29. The zero-order valence-electron chi connectivity index (χ0n) is 28.3. The molecule has 0 saturated heterocycles. The number of imide groups is 2. The number of hydrogen-bond donors (Lipinski definition) is 0. The minimum atomic E-state index is -0.293. The summed E-state index contributed by atoms with van der Waals surface area (Å²) in [5.74, 6) is -1.17. The van der Waals surface area contributed by atoms with Crippen molar-refractivity contribution < 1.29 is 19.2 Å². The molecule has 7 aromatic carbocycles. The number of hydrogen-bond acceptors (Lipinski definition) is 4. The highest BCUT2D eigenvalue weighted by atomic mass is 16.2. The lowest BCUT2D eigenvalue weighted by atomic mass is 9.77. The van der Waals surface area contributed by atoms with Crippen molar-refractivity contribution in [1.29, 1.82) is 0 Å². The Hall–Kier alpha value is -5.88. The molecule has 6 nitrogen and oxygen atoms in total. The molecule has 9 rings (SSSR count). The van der Waals surface area contributed by atoms with E-state index in [9.17, 15) is 19.2 Å². The van der Waals surface area contributed by atoms with Crippen LogP contribution in [0.4, 0.5) is 0 Å². The lowest BCUT2D eigenvalue weighted by molar-refractivity contribution is 0.0532. The number of benzene rings is 7. The van der Waals surface area contributed by atoms with Crippen molar-refractivity contribution in [3.05, 3.63) is 119 Å². The number of carbonyl (C=O) groups excluding carboxylic acids is 4. The highest BCUT2D eigenvalue weighted by molar-refractivity contribution is 6.44. The zero-order valence-corrected chi connectivity index (χ0v) is 28.3. The molecule has 0 saturated carbocycles. The average Bonchev–Trinajstić information content (AvgIpc) is 3.15. The minimum absolute atomic E-state index is 0.266. The predicted molar refractivity (Wildman–Crippen MR) is 199 cm³/mol. The Balaban J connectivity index is 1.54. The molecule has 2 heterocycles. The SMILES string of the molecule is CCC(C)N1C(=O)c2ccc3c4c(-c5ccccc5)cc5c6c(ccc(c7c(-c8ccccc8)cc(c2c37)C1=O)c64)C(=O)N(C(C)CC)C5=O. The van der Waals surface area contributed by atoms with Gasteiger partial charge in [0.2, 0.25) is 0 Å². The molecule has 0 bridgehead atoms. The van der Waals surface area contributed by atoms with Crippen LogP contribution in [0.3, 0.4) is 0 Å². The maximum absolute atomic E-state index is 14.4. The number of nitrogens with zero attached hydrogens (tertiary/aromatic N) is 2. The van der Waals surface area contributed by atoms with E-state index in [1.54, 1.807) is 0 Å². The third-order valence-electron chi connectivity index (χ3n) is 11.1. The second-order valence-electron chi connectivity index (χ2n) is 13.7. The Bertz CT molecular complexity index is 2440. The molecule has 0 aliphatic carbocycles. The Morgan fingerprint density at radius 1 is 0.420 bits per heavy atom. The first-order valence-corrected chi connectivity index (χ1v) is 17.4. The summed E-state index contributed by atoms with van der Waals surface area (Å²) in [5.41, 5.74) is 5.60. The van der Waals surface area contributed by atoms with E-state index in [0.717, 1.165) is 54.6 Å². The third-order valence-corrected chi connectivity index (χ3v) is 11.1. The van der Waals surface area contributed by atoms with Gasteiger partial charge in [-0.05, 0) is 106 Å². The summed E-state index contributed by atoms with van der Waals surface area (Å²) in [4.78, 5) is 59.9. The van der Waals surface area contributed by atoms with Crippen LogP contribution in [0.1, 0.15) is 82.0 Å². The molecule has 2 atom stereocenters. The quantitative estimate of drug-likeness (QED) is 0.102. The van der Waals surface area contributed by atoms with E-state index >= 15 is 0 Å². The van der Waals surface area contributed by atoms with Crippen LogP contribution >= 0.6 is 0 Å². The molecule has 0 radical (unpaired) electrons. The molecular formula is C44H34N2O4. The van der Waals surface area contributed by atoms with Gasteiger partial charge >= 0.3 is 0 Å². The Kier molecular flexibility index (Phi) is 6.53. The average molecular weight is 655 g/mol. The smallest absolute Gasteiger partial charge is 0.261 e. The van der Waals surface area contributed by atoms with E-state index in [-0.39, 0.29) is 35.7 Å². The maximum atomic E-state index is 14.4. The molecule has 0 fully saturated rings. The van der Waals surface area contributed by atoms with Crippen molar-refractivity contribution in [2.45, 2.75) is 52.6 Å². The van der Waals surface area contributed by atoms with Gasteiger partial charge in [-0.15, -0.1) is 0 Å². The van der Waals surface area contributed by atoms with E-state index in [4.69, 9.17) is 0 Å². The van der Waals surface area contributed by atoms with Crippen LogP contribution in [0.2, 0.25) is 0 Å². The summed E-state index contributed by atoms with van der Waals surface area (Å²) >= 11 is 0. The first-order valence-electron chi connectivity index (χ1n) is 17.4. The van der Waals surface area contributed by atoms with Gasteiger partial charge in [-0.2, -0.15) is 0 Å². The normalized spacial score (nSPS) is 15.7. The van der Waals surface area contributed by atoms with Crippen molar-refractivity contribution in [2.75, 3.05) is 0 Å². The maximum Gasteiger partial charge on any atom is 0.261 e. The molecule has 50 heavy (non-hydrogen) atoms. The van der Waals surface area contributed by atoms with Crippen molar-refractivity contribution >= 4 is 66.7 Å². The van der Waals surface area contributed by atoms with Gasteiger partial charge in [0, 0.05) is 45.1 Å². The molecule has 4 amide bonds. The van der Waals surface area contributed by atoms with E-state index < -0.39 is 0 Å². The second kappa shape index (κ2) is 10.8. The number of carbonyl (C=O) groups is 4. The lowest BCUT2D eigenvalue weighted by Gasteiger charge is -2.34. The highest BCUT2D eigenvalue weighted by Crippen LogP contribution is 2.52. The van der Waals surface area contributed by atoms with Crippen LogP contribution < -0.4 is 0 Å². The Labute approximate surface area is 289 Å². The van der Waals surface area contributed by atoms with Crippen molar-refractivity contribution in [3.8, 4) is 22.3 Å². The summed E-state index contributed by atoms with van der Waals surface area (Å²) in [6, 6.07) is 31.0. The van der Waals surface area contributed by atoms with Crippen LogP contribution in [-0.2, 0) is 0 Å². The van der Waals surface area contributed by atoms with Crippen LogP contribution in [0.15, 0.2) is 97.1 Å². The van der Waals surface area contributed by atoms with E-state index in [1.165, 1.54) is 9.80 Å². The molecule has 6 heteroatoms. The standard InChI is InChI=1S/C44H34N2O4/c1-5-23(3)45-41(47)29-19-17-27-36-32(26-15-11-8-12-16-26)22-34-38-30(42(48)46(44(34)50)24(4)6-2)20-18-28(40(36)38)35-31(25-13-9-7-10-14-25)21-33(43(45)49)37(29)39(27)35/h7-24H,5-6H2,1-4H3. The molecule has 0 spiro atoms. The van der Waals surface area contributed by atoms with Gasteiger partial charge in [0.15, 0.2) is 0 Å². The Morgan fingerprint density at radius 3 is 1.14 bits per heavy atom. The molecule has 2 aliphatic rings. The van der Waals surface area contributed by atoms with Crippen LogP contribution in [0.25, 0.3) is 65.3 Å². The number of fused-ring (bicyclic) bond motifs is 2. The molecule has 0 aromatic heterocycles. The van der Waals surface area contributed by atoms with Crippen molar-refractivity contribution in [2.24, 2.45) is 0 Å². The van der Waals surface area contributed by atoms with Crippen LogP contribution in [0, 0.1) is 0 Å². The topological polar surface area (TPSA) is 74.8 Å². The lowest BCUT2D eigenvalue weighted by Crippen LogP contribution is -2.45. The molecule has 2 aliphatic heterocycles. The van der Waals surface area contributed by atoms with E-state index in [0.29, 0.717) is 45.9 Å². The summed E-state index contributed by atoms with van der Waals surface area (Å²) in [7, 11) is 0. The molecule has 244 valence electrons. The molecule has 2 unspecified atom stereocenters. The highest BCUT2D eigenvalue weighted by Gasteiger charge is 2.40. The Morgan fingerprint density at radius 2 is 0.780 bits per heavy atom. The largest absolute Gasteiger partial charge is 0.272 e. The summed E-state index contributed by atoms with van der Waals surface area (Å²) in [6.45, 7) is 7.78. The number of amides is 4. The first-order chi connectivity index (χ1) is 24.3. The van der Waals surface area contributed by atoms with Gasteiger partial charge in [0.1, 0.15) is 0 Å². The van der Waals surface area contributed by atoms with Gasteiger partial charge in [-0.1, -0.05) is 86.6 Å². The van der Waals surface area contributed by atoms with Crippen LogP contribution in [0.5, 0.6) is 0 Å². The van der Waals surface area contributed by atoms with Crippen LogP contribution in [-0.4, -0.2) is 45.5 Å². The van der Waals surface area contributed by atoms with Gasteiger partial charge in [0.25, 0.3) is 23.6 Å². The summed E-state index contributed by atoms with van der Waals surface area (Å²) in [5, 5.41) is 6.51. The minimum Gasteiger partial charge on any atom is -0.272 e. The monoisotopic (exact) mass is 654 g/mol. The third kappa shape index (κ3) is 3.84. The van der Waals surface area contributed by atoms with Gasteiger partial charge in [-0.25, -0.2) is 0 Å². The van der Waals surface area contributed by atoms with Gasteiger partial charge in [-0.3, -0.25) is 29.0 Å². The first kappa shape index (κ1) is 30.2. The molecule has 0 N–H and O–H groups in total. The van der Waals surface area contributed by atoms with Gasteiger partial charge < -0.3 is 0 Å². The zero-order chi connectivity index (χ0) is 34.6. The second-order valence-corrected chi connectivity index (χ2v) is 13.7. The fourth-order valence-corrected chi connectivity index (χ4v) is 8.36.